The van der Waals surface area contributed by atoms with E-state index >= 15 is 0 Å². The number of aliphatic carboxylic acids is 1. The van der Waals surface area contributed by atoms with Crippen molar-refractivity contribution in [2.45, 2.75) is 38.0 Å². The van der Waals surface area contributed by atoms with E-state index in [1.807, 2.05) is 6.07 Å². The largest absolute Gasteiger partial charge is 0.479 e. The Kier molecular flexibility index (Phi) is 6.43. The van der Waals surface area contributed by atoms with E-state index in [-0.39, 0.29) is 17.2 Å². The number of rotatable bonds is 7. The molecule has 1 aliphatic carbocycles. The van der Waals surface area contributed by atoms with Gasteiger partial charge in [0.15, 0.2) is 12.4 Å². The third-order valence-corrected chi connectivity index (χ3v) is 5.60. The predicted octanol–water partition coefficient (Wildman–Crippen LogP) is 3.70. The fourth-order valence-electron chi connectivity index (χ4n) is 4.02. The Labute approximate surface area is 188 Å². The Morgan fingerprint density at radius 1 is 1.24 bits per heavy atom. The number of carboxylic acid groups (broad SMARTS) is 1. The molecule has 3 aromatic rings. The molecule has 0 bridgehead atoms. The second-order valence-corrected chi connectivity index (χ2v) is 7.85. The number of hydrogen-bond acceptors (Lipinski definition) is 7. The Morgan fingerprint density at radius 2 is 2.00 bits per heavy atom. The average Bonchev–Trinajstić information content (AvgIpc) is 2.82. The van der Waals surface area contributed by atoms with Gasteiger partial charge < -0.3 is 9.84 Å². The Hall–Kier alpha value is -4.08. The van der Waals surface area contributed by atoms with E-state index in [0.717, 1.165) is 32.1 Å². The Balaban J connectivity index is 1.75. The lowest BCUT2D eigenvalue weighted by Crippen LogP contribution is -2.25. The van der Waals surface area contributed by atoms with Crippen LogP contribution < -0.4 is 10.3 Å². The zero-order chi connectivity index (χ0) is 23.4. The molecular weight excluding hydrogens is 428 g/mol. The minimum atomic E-state index is -1.24. The molecular formula is C23H22N4O6. The Bertz CT molecular complexity index is 1290. The summed E-state index contributed by atoms with van der Waals surface area (Å²) in [6.07, 6.45) is 6.46. The maximum atomic E-state index is 13.2. The standard InChI is InChI=1S/C23H22N4O6/c28-21(29)14-33-20-11-10-15(12-19(20)27(31)32)13-24-26-22(16-6-2-1-3-7-16)25-18-9-5-4-8-17(18)23(26)30/h4-5,8-13,16H,1-3,6-7,14H2,(H,28,29). The van der Waals surface area contributed by atoms with Crippen LogP contribution in [0.15, 0.2) is 52.4 Å². The van der Waals surface area contributed by atoms with Crippen molar-refractivity contribution >= 4 is 28.8 Å². The van der Waals surface area contributed by atoms with E-state index in [2.05, 4.69) is 5.10 Å². The number of aromatic nitrogens is 2. The molecule has 0 atom stereocenters. The minimum Gasteiger partial charge on any atom is -0.479 e. The number of para-hydroxylation sites is 1. The van der Waals surface area contributed by atoms with Gasteiger partial charge in [0.05, 0.1) is 22.0 Å². The van der Waals surface area contributed by atoms with Crippen molar-refractivity contribution < 1.29 is 19.6 Å². The molecule has 1 aromatic heterocycles. The molecule has 1 fully saturated rings. The molecule has 10 heteroatoms. The van der Waals surface area contributed by atoms with Gasteiger partial charge in [0.1, 0.15) is 5.82 Å². The van der Waals surface area contributed by atoms with Crippen molar-refractivity contribution in [3.63, 3.8) is 0 Å². The summed E-state index contributed by atoms with van der Waals surface area (Å²) in [5.74, 6) is -0.708. The molecule has 0 spiro atoms. The van der Waals surface area contributed by atoms with Gasteiger partial charge in [-0.3, -0.25) is 14.9 Å². The van der Waals surface area contributed by atoms with Gasteiger partial charge in [-0.2, -0.15) is 9.78 Å². The predicted molar refractivity (Wildman–Crippen MR) is 121 cm³/mol. The molecule has 0 amide bonds. The van der Waals surface area contributed by atoms with Gasteiger partial charge in [0.25, 0.3) is 5.56 Å². The molecule has 0 aliphatic heterocycles. The average molecular weight is 450 g/mol. The normalized spacial score (nSPS) is 14.5. The van der Waals surface area contributed by atoms with Crippen molar-refractivity contribution in [2.24, 2.45) is 5.10 Å². The molecule has 4 rings (SSSR count). The first-order valence-corrected chi connectivity index (χ1v) is 10.6. The first kappa shape index (κ1) is 22.1. The highest BCUT2D eigenvalue weighted by Gasteiger charge is 2.22. The van der Waals surface area contributed by atoms with Crippen LogP contribution in [0.5, 0.6) is 5.75 Å². The van der Waals surface area contributed by atoms with E-state index in [1.165, 1.54) is 29.1 Å². The zero-order valence-electron chi connectivity index (χ0n) is 17.7. The molecule has 1 saturated carbocycles. The van der Waals surface area contributed by atoms with Crippen molar-refractivity contribution in [3.05, 3.63) is 74.3 Å². The zero-order valence-corrected chi connectivity index (χ0v) is 17.7. The summed E-state index contributed by atoms with van der Waals surface area (Å²) in [6.45, 7) is -0.697. The second kappa shape index (κ2) is 9.60. The Morgan fingerprint density at radius 3 is 2.73 bits per heavy atom. The number of ether oxygens (including phenoxy) is 1. The maximum Gasteiger partial charge on any atom is 0.341 e. The quantitative estimate of drug-likeness (QED) is 0.329. The van der Waals surface area contributed by atoms with Gasteiger partial charge in [-0.05, 0) is 37.1 Å². The van der Waals surface area contributed by atoms with Gasteiger partial charge >= 0.3 is 11.7 Å². The molecule has 2 aromatic carbocycles. The number of nitro benzene ring substituents is 1. The lowest BCUT2D eigenvalue weighted by atomic mass is 9.88. The second-order valence-electron chi connectivity index (χ2n) is 7.85. The highest BCUT2D eigenvalue weighted by molar-refractivity contribution is 5.82. The lowest BCUT2D eigenvalue weighted by Gasteiger charge is -2.22. The number of nitrogens with zero attached hydrogens (tertiary/aromatic N) is 4. The van der Waals surface area contributed by atoms with Crippen molar-refractivity contribution in [3.8, 4) is 5.75 Å². The SMILES string of the molecule is O=C(O)COc1ccc(C=Nn2c(C3CCCCC3)nc3ccccc3c2=O)cc1[N+](=O)[O-]. The van der Waals surface area contributed by atoms with E-state index in [1.54, 1.807) is 18.2 Å². The van der Waals surface area contributed by atoms with E-state index in [0.29, 0.717) is 22.3 Å². The summed E-state index contributed by atoms with van der Waals surface area (Å²) in [7, 11) is 0. The number of benzene rings is 2. The molecule has 1 heterocycles. The summed E-state index contributed by atoms with van der Waals surface area (Å²) in [6, 6.07) is 11.1. The van der Waals surface area contributed by atoms with Gasteiger partial charge in [0.2, 0.25) is 0 Å². The third kappa shape index (κ3) is 4.89. The maximum absolute atomic E-state index is 13.2. The van der Waals surface area contributed by atoms with Crippen LogP contribution in [0.1, 0.15) is 49.4 Å². The molecule has 0 radical (unpaired) electrons. The summed E-state index contributed by atoms with van der Waals surface area (Å²) in [4.78, 5) is 39.4. The summed E-state index contributed by atoms with van der Waals surface area (Å²) < 4.78 is 6.28. The fraction of sp³-hybridized carbons (Fsp3) is 0.304. The van der Waals surface area contributed by atoms with Crippen LogP contribution in [0.2, 0.25) is 0 Å². The molecule has 1 aliphatic rings. The van der Waals surface area contributed by atoms with Gasteiger partial charge in [-0.1, -0.05) is 31.4 Å². The van der Waals surface area contributed by atoms with Gasteiger partial charge in [-0.25, -0.2) is 9.78 Å². The number of hydrogen-bond donors (Lipinski definition) is 1. The highest BCUT2D eigenvalue weighted by atomic mass is 16.6. The van der Waals surface area contributed by atoms with Crippen LogP contribution in [0.4, 0.5) is 5.69 Å². The lowest BCUT2D eigenvalue weighted by molar-refractivity contribution is -0.385. The third-order valence-electron chi connectivity index (χ3n) is 5.60. The van der Waals surface area contributed by atoms with Crippen molar-refractivity contribution in [1.29, 1.82) is 0 Å². The number of carboxylic acids is 1. The molecule has 0 unspecified atom stereocenters. The van der Waals surface area contributed by atoms with Crippen LogP contribution >= 0.6 is 0 Å². The minimum absolute atomic E-state index is 0.106. The van der Waals surface area contributed by atoms with Crippen LogP contribution in [-0.2, 0) is 4.79 Å². The van der Waals surface area contributed by atoms with Crippen LogP contribution in [0.25, 0.3) is 10.9 Å². The first-order valence-electron chi connectivity index (χ1n) is 10.6. The number of carbonyl (C=O) groups is 1. The monoisotopic (exact) mass is 450 g/mol. The van der Waals surface area contributed by atoms with Gasteiger partial charge in [-0.15, -0.1) is 0 Å². The molecule has 33 heavy (non-hydrogen) atoms. The van der Waals surface area contributed by atoms with Crippen molar-refractivity contribution in [2.75, 3.05) is 6.61 Å². The number of nitro groups is 1. The van der Waals surface area contributed by atoms with Crippen molar-refractivity contribution in [1.82, 2.24) is 9.66 Å². The summed E-state index contributed by atoms with van der Waals surface area (Å²) in [5, 5.41) is 25.0. The highest BCUT2D eigenvalue weighted by Crippen LogP contribution is 2.32. The molecule has 1 N–H and O–H groups in total. The fourth-order valence-corrected chi connectivity index (χ4v) is 4.02. The van der Waals surface area contributed by atoms with Crippen LogP contribution in [-0.4, -0.2) is 38.5 Å². The smallest absolute Gasteiger partial charge is 0.341 e. The van der Waals surface area contributed by atoms with Crippen LogP contribution in [0, 0.1) is 10.1 Å². The van der Waals surface area contributed by atoms with E-state index < -0.39 is 23.2 Å². The molecule has 0 saturated heterocycles. The van der Waals surface area contributed by atoms with E-state index in [4.69, 9.17) is 14.8 Å². The first-order chi connectivity index (χ1) is 15.9. The van der Waals surface area contributed by atoms with Crippen LogP contribution in [0.3, 0.4) is 0 Å². The van der Waals surface area contributed by atoms with Gasteiger partial charge in [0, 0.05) is 17.5 Å². The van der Waals surface area contributed by atoms with E-state index in [9.17, 15) is 19.7 Å². The topological polar surface area (TPSA) is 137 Å². The number of fused-ring (bicyclic) bond motifs is 1. The molecule has 170 valence electrons. The summed E-state index contributed by atoms with van der Waals surface area (Å²) >= 11 is 0. The summed E-state index contributed by atoms with van der Waals surface area (Å²) in [5.41, 5.74) is 0.286. The molecule has 10 nitrogen and oxygen atoms in total.